The lowest BCUT2D eigenvalue weighted by atomic mass is 10.1. The van der Waals surface area contributed by atoms with Crippen molar-refractivity contribution in [3.63, 3.8) is 0 Å². The van der Waals surface area contributed by atoms with Gasteiger partial charge >= 0.3 is 0 Å². The van der Waals surface area contributed by atoms with Gasteiger partial charge in [-0.3, -0.25) is 4.79 Å². The van der Waals surface area contributed by atoms with Gasteiger partial charge in [-0.05, 0) is 24.3 Å². The molecule has 0 radical (unpaired) electrons. The van der Waals surface area contributed by atoms with E-state index in [0.717, 1.165) is 11.1 Å². The van der Waals surface area contributed by atoms with Crippen LogP contribution in [0, 0.1) is 0 Å². The number of hydrogen-bond donors (Lipinski definition) is 0. The van der Waals surface area contributed by atoms with Crippen molar-refractivity contribution in [2.75, 3.05) is 0 Å². The first-order valence-electron chi connectivity index (χ1n) is 8.31. The molecular weight excluding hydrogens is 383 g/mol. The number of fused-ring (bicyclic) bond motifs is 1. The first kappa shape index (κ1) is 17.7. The van der Waals surface area contributed by atoms with Crippen LogP contribution in [0.1, 0.15) is 5.56 Å². The number of benzene rings is 3. The van der Waals surface area contributed by atoms with Gasteiger partial charge in [0, 0.05) is 21.2 Å². The molecule has 3 nitrogen and oxygen atoms in total. The molecule has 0 N–H and O–H groups in total. The molecule has 27 heavy (non-hydrogen) atoms. The fourth-order valence-electron chi connectivity index (χ4n) is 2.82. The molecule has 5 heteroatoms. The summed E-state index contributed by atoms with van der Waals surface area (Å²) in [5.41, 5.74) is 1.78. The molecule has 0 saturated carbocycles. The molecule has 0 atom stereocenters. The maximum absolute atomic E-state index is 13.0. The summed E-state index contributed by atoms with van der Waals surface area (Å²) in [6.45, 7) is 0.124. The zero-order valence-electron chi connectivity index (χ0n) is 14.1. The smallest absolute Gasteiger partial charge is 0.235 e. The molecule has 0 unspecified atom stereocenters. The van der Waals surface area contributed by atoms with Gasteiger partial charge < -0.3 is 9.15 Å². The van der Waals surface area contributed by atoms with Crippen LogP contribution in [-0.4, -0.2) is 0 Å². The second kappa shape index (κ2) is 7.47. The van der Waals surface area contributed by atoms with Crippen molar-refractivity contribution in [3.8, 4) is 17.1 Å². The van der Waals surface area contributed by atoms with Crippen LogP contribution in [0.5, 0.6) is 5.75 Å². The van der Waals surface area contributed by atoms with Crippen molar-refractivity contribution in [1.29, 1.82) is 0 Å². The van der Waals surface area contributed by atoms with E-state index in [4.69, 9.17) is 32.4 Å². The summed E-state index contributed by atoms with van der Waals surface area (Å²) in [6.07, 6.45) is 0. The summed E-state index contributed by atoms with van der Waals surface area (Å²) in [5.74, 6) is 0.551. The molecule has 0 aliphatic rings. The van der Waals surface area contributed by atoms with Crippen LogP contribution < -0.4 is 10.2 Å². The van der Waals surface area contributed by atoms with Crippen molar-refractivity contribution in [3.05, 3.63) is 98.6 Å². The number of rotatable bonds is 4. The Hall–Kier alpha value is -2.75. The molecule has 134 valence electrons. The lowest BCUT2D eigenvalue weighted by Gasteiger charge is -2.12. The molecule has 0 saturated heterocycles. The van der Waals surface area contributed by atoms with Crippen LogP contribution in [0.2, 0.25) is 10.0 Å². The van der Waals surface area contributed by atoms with E-state index in [0.29, 0.717) is 26.8 Å². The van der Waals surface area contributed by atoms with Crippen molar-refractivity contribution in [1.82, 2.24) is 0 Å². The summed E-state index contributed by atoms with van der Waals surface area (Å²) in [4.78, 5) is 13.0. The number of halogens is 2. The van der Waals surface area contributed by atoms with E-state index in [2.05, 4.69) is 0 Å². The van der Waals surface area contributed by atoms with E-state index in [1.807, 2.05) is 36.4 Å². The van der Waals surface area contributed by atoms with Crippen LogP contribution >= 0.6 is 23.2 Å². The second-order valence-electron chi connectivity index (χ2n) is 5.98. The lowest BCUT2D eigenvalue weighted by Crippen LogP contribution is -2.10. The summed E-state index contributed by atoms with van der Waals surface area (Å²) in [5, 5.41) is 1.49. The van der Waals surface area contributed by atoms with Gasteiger partial charge in [-0.2, -0.15) is 0 Å². The van der Waals surface area contributed by atoms with Gasteiger partial charge in [-0.25, -0.2) is 0 Å². The fourth-order valence-corrected chi connectivity index (χ4v) is 3.29. The van der Waals surface area contributed by atoms with Gasteiger partial charge in [-0.1, -0.05) is 71.7 Å². The Morgan fingerprint density at radius 1 is 0.889 bits per heavy atom. The minimum atomic E-state index is -0.221. The fraction of sp³-hybridized carbons (Fsp3) is 0.0455. The van der Waals surface area contributed by atoms with Crippen molar-refractivity contribution in [2.24, 2.45) is 0 Å². The van der Waals surface area contributed by atoms with Crippen molar-refractivity contribution in [2.45, 2.75) is 6.61 Å². The predicted molar refractivity (Wildman–Crippen MR) is 109 cm³/mol. The third kappa shape index (κ3) is 3.57. The highest BCUT2D eigenvalue weighted by Gasteiger charge is 2.18. The topological polar surface area (TPSA) is 39.4 Å². The van der Waals surface area contributed by atoms with Gasteiger partial charge in [0.1, 0.15) is 12.2 Å². The summed E-state index contributed by atoms with van der Waals surface area (Å²) in [7, 11) is 0. The molecule has 4 aromatic rings. The largest absolute Gasteiger partial charge is 0.481 e. The maximum atomic E-state index is 13.0. The van der Waals surface area contributed by atoms with E-state index < -0.39 is 0 Å². The first-order chi connectivity index (χ1) is 13.1. The first-order valence-corrected chi connectivity index (χ1v) is 9.07. The molecule has 0 aliphatic heterocycles. The van der Waals surface area contributed by atoms with Gasteiger partial charge in [0.25, 0.3) is 0 Å². The number of hydrogen-bond acceptors (Lipinski definition) is 3. The Bertz CT molecular complexity index is 1170. The highest BCUT2D eigenvalue weighted by Crippen LogP contribution is 2.31. The zero-order chi connectivity index (χ0) is 18.8. The summed E-state index contributed by atoms with van der Waals surface area (Å²) in [6, 6.07) is 21.7. The van der Waals surface area contributed by atoms with E-state index in [1.165, 1.54) is 0 Å². The van der Waals surface area contributed by atoms with Gasteiger partial charge in [0.05, 0.1) is 5.39 Å². The summed E-state index contributed by atoms with van der Waals surface area (Å²) >= 11 is 12.2. The highest BCUT2D eigenvalue weighted by atomic mass is 35.5. The van der Waals surface area contributed by atoms with Gasteiger partial charge in [0.15, 0.2) is 5.76 Å². The molecule has 4 rings (SSSR count). The minimum absolute atomic E-state index is 0.124. The number of ether oxygens (including phenoxy) is 1. The van der Waals surface area contributed by atoms with Crippen LogP contribution in [0.3, 0.4) is 0 Å². The third-order valence-corrected chi connectivity index (χ3v) is 4.77. The molecule has 3 aromatic carbocycles. The monoisotopic (exact) mass is 396 g/mol. The zero-order valence-corrected chi connectivity index (χ0v) is 15.6. The molecule has 0 aliphatic carbocycles. The molecule has 1 heterocycles. The lowest BCUT2D eigenvalue weighted by molar-refractivity contribution is 0.298. The maximum Gasteiger partial charge on any atom is 0.235 e. The second-order valence-corrected chi connectivity index (χ2v) is 6.82. The Kier molecular flexibility index (Phi) is 4.88. The molecule has 1 aromatic heterocycles. The van der Waals surface area contributed by atoms with Crippen LogP contribution in [0.25, 0.3) is 22.3 Å². The van der Waals surface area contributed by atoms with Crippen LogP contribution in [0.15, 0.2) is 82.0 Å². The SMILES string of the molecule is O=c1c(OCc2ccc(Cl)cc2Cl)c(-c2ccccc2)oc2ccccc12. The van der Waals surface area contributed by atoms with E-state index >= 15 is 0 Å². The standard InChI is InChI=1S/C22H14Cl2O3/c23-16-11-10-15(18(24)12-16)13-26-22-20(25)17-8-4-5-9-19(17)27-21(22)14-6-2-1-3-7-14/h1-12H,13H2. The van der Waals surface area contributed by atoms with Crippen LogP contribution in [0.4, 0.5) is 0 Å². The number of para-hydroxylation sites is 1. The van der Waals surface area contributed by atoms with Crippen LogP contribution in [-0.2, 0) is 6.61 Å². The Labute approximate surface area is 165 Å². The molecular formula is C22H14Cl2O3. The van der Waals surface area contributed by atoms with Crippen molar-refractivity contribution >= 4 is 34.2 Å². The quantitative estimate of drug-likeness (QED) is 0.403. The van der Waals surface area contributed by atoms with E-state index in [9.17, 15) is 4.79 Å². The van der Waals surface area contributed by atoms with E-state index in [-0.39, 0.29) is 17.8 Å². The van der Waals surface area contributed by atoms with Crippen molar-refractivity contribution < 1.29 is 9.15 Å². The average molecular weight is 397 g/mol. The molecule has 0 spiro atoms. The van der Waals surface area contributed by atoms with Gasteiger partial charge in [-0.15, -0.1) is 0 Å². The Balaban J connectivity index is 1.82. The Morgan fingerprint density at radius 3 is 2.41 bits per heavy atom. The normalized spacial score (nSPS) is 10.9. The highest BCUT2D eigenvalue weighted by molar-refractivity contribution is 6.35. The predicted octanol–water partition coefficient (Wildman–Crippen LogP) is 6.35. The minimum Gasteiger partial charge on any atom is -0.481 e. The third-order valence-electron chi connectivity index (χ3n) is 4.18. The summed E-state index contributed by atoms with van der Waals surface area (Å²) < 4.78 is 11.9. The van der Waals surface area contributed by atoms with E-state index in [1.54, 1.807) is 36.4 Å². The molecule has 0 amide bonds. The molecule has 0 bridgehead atoms. The average Bonchev–Trinajstić information content (AvgIpc) is 2.69. The Morgan fingerprint density at radius 2 is 1.63 bits per heavy atom. The molecule has 0 fully saturated rings. The van der Waals surface area contributed by atoms with Gasteiger partial charge in [0.2, 0.25) is 11.2 Å².